The third kappa shape index (κ3) is 4.02. The number of anilines is 1. The normalized spacial score (nSPS) is 13.8. The molecule has 0 unspecified atom stereocenters. The predicted octanol–water partition coefficient (Wildman–Crippen LogP) is 3.56. The highest BCUT2D eigenvalue weighted by molar-refractivity contribution is 7.15. The number of hydrogen-bond donors (Lipinski definition) is 1. The van der Waals surface area contributed by atoms with Crippen molar-refractivity contribution < 1.29 is 18.7 Å². The minimum absolute atomic E-state index is 0.279. The summed E-state index contributed by atoms with van der Waals surface area (Å²) in [6, 6.07) is 9.24. The van der Waals surface area contributed by atoms with Crippen LogP contribution in [0.4, 0.5) is 5.13 Å². The fraction of sp³-hybridized carbons (Fsp3) is 0.300. The van der Waals surface area contributed by atoms with Crippen molar-refractivity contribution in [3.8, 4) is 11.5 Å². The van der Waals surface area contributed by atoms with E-state index in [2.05, 4.69) is 15.2 Å². The van der Waals surface area contributed by atoms with Crippen LogP contribution >= 0.6 is 11.3 Å². The lowest BCUT2D eigenvalue weighted by Crippen LogP contribution is -2.29. The molecule has 0 bridgehead atoms. The fourth-order valence-corrected chi connectivity index (χ4v) is 4.26. The summed E-state index contributed by atoms with van der Waals surface area (Å²) in [6.45, 7) is 2.49. The molecule has 3 heterocycles. The molecule has 1 aromatic carbocycles. The highest BCUT2D eigenvalue weighted by Crippen LogP contribution is 2.30. The molecule has 0 radical (unpaired) electrons. The molecular weight excluding hydrogens is 378 g/mol. The number of carbonyl (C=O) groups is 1. The van der Waals surface area contributed by atoms with E-state index in [1.807, 2.05) is 18.2 Å². The van der Waals surface area contributed by atoms with E-state index in [1.165, 1.54) is 22.5 Å². The van der Waals surface area contributed by atoms with Crippen molar-refractivity contribution in [2.24, 2.45) is 0 Å². The molecule has 2 aromatic heterocycles. The number of aromatic nitrogens is 1. The second-order valence-corrected chi connectivity index (χ2v) is 7.59. The van der Waals surface area contributed by atoms with Crippen LogP contribution in [-0.4, -0.2) is 36.6 Å². The molecule has 0 aliphatic carbocycles. The maximum atomic E-state index is 12.1. The standard InChI is InChI=1S/C20H21N3O4S/c1-25-14-8-13(9-15(10-14)26-2)11-23-6-5-16-18(12-23)28-20(21-16)22-19(24)17-4-3-7-27-17/h3-4,7-10H,5-6,11-12H2,1-2H3,(H,21,22,24). The molecule has 4 rings (SSSR count). The van der Waals surface area contributed by atoms with Gasteiger partial charge in [-0.15, -0.1) is 11.3 Å². The van der Waals surface area contributed by atoms with Crippen LogP contribution in [0.5, 0.6) is 11.5 Å². The smallest absolute Gasteiger partial charge is 0.293 e. The van der Waals surface area contributed by atoms with E-state index in [0.29, 0.717) is 5.13 Å². The predicted molar refractivity (Wildman–Crippen MR) is 106 cm³/mol. The number of fused-ring (bicyclic) bond motifs is 1. The van der Waals surface area contributed by atoms with Crippen LogP contribution < -0.4 is 14.8 Å². The number of amides is 1. The average molecular weight is 399 g/mol. The van der Waals surface area contributed by atoms with Crippen molar-refractivity contribution in [3.05, 3.63) is 58.5 Å². The van der Waals surface area contributed by atoms with Gasteiger partial charge in [0.1, 0.15) is 11.5 Å². The number of nitrogens with one attached hydrogen (secondary N) is 1. The van der Waals surface area contributed by atoms with E-state index in [4.69, 9.17) is 13.9 Å². The highest BCUT2D eigenvalue weighted by Gasteiger charge is 2.22. The summed E-state index contributed by atoms with van der Waals surface area (Å²) < 4.78 is 15.8. The summed E-state index contributed by atoms with van der Waals surface area (Å²) >= 11 is 1.51. The number of methoxy groups -OCH3 is 2. The maximum absolute atomic E-state index is 12.1. The van der Waals surface area contributed by atoms with Crippen LogP contribution in [-0.2, 0) is 19.5 Å². The molecule has 0 saturated carbocycles. The zero-order chi connectivity index (χ0) is 19.5. The number of rotatable bonds is 6. The zero-order valence-corrected chi connectivity index (χ0v) is 16.5. The van der Waals surface area contributed by atoms with Crippen LogP contribution in [0.25, 0.3) is 0 Å². The summed E-state index contributed by atoms with van der Waals surface area (Å²) in [5.41, 5.74) is 2.19. The number of ether oxygens (including phenoxy) is 2. The molecule has 7 nitrogen and oxygen atoms in total. The number of benzene rings is 1. The van der Waals surface area contributed by atoms with E-state index in [-0.39, 0.29) is 11.7 Å². The molecule has 0 fully saturated rings. The van der Waals surface area contributed by atoms with E-state index in [9.17, 15) is 4.79 Å². The van der Waals surface area contributed by atoms with Gasteiger partial charge in [-0.05, 0) is 29.8 Å². The summed E-state index contributed by atoms with van der Waals surface area (Å²) in [6.07, 6.45) is 2.33. The molecule has 0 spiro atoms. The highest BCUT2D eigenvalue weighted by atomic mass is 32.1. The minimum Gasteiger partial charge on any atom is -0.497 e. The molecule has 1 aliphatic rings. The Hall–Kier alpha value is -2.84. The van der Waals surface area contributed by atoms with E-state index >= 15 is 0 Å². The first-order valence-corrected chi connectivity index (χ1v) is 9.74. The van der Waals surface area contributed by atoms with Crippen LogP contribution in [0.1, 0.15) is 26.7 Å². The SMILES string of the molecule is COc1cc(CN2CCc3nc(NC(=O)c4ccco4)sc3C2)cc(OC)c1. The molecule has 0 atom stereocenters. The van der Waals surface area contributed by atoms with Gasteiger partial charge in [0.15, 0.2) is 10.9 Å². The van der Waals surface area contributed by atoms with Crippen molar-refractivity contribution in [3.63, 3.8) is 0 Å². The number of carbonyl (C=O) groups excluding carboxylic acids is 1. The van der Waals surface area contributed by atoms with Crippen molar-refractivity contribution in [2.75, 3.05) is 26.1 Å². The fourth-order valence-electron chi connectivity index (χ4n) is 3.22. The first-order chi connectivity index (χ1) is 13.6. The van der Waals surface area contributed by atoms with Gasteiger partial charge < -0.3 is 13.9 Å². The first kappa shape index (κ1) is 18.5. The molecule has 8 heteroatoms. The van der Waals surface area contributed by atoms with Gasteiger partial charge in [0.25, 0.3) is 5.91 Å². The van der Waals surface area contributed by atoms with Crippen LogP contribution in [0.2, 0.25) is 0 Å². The number of nitrogens with zero attached hydrogens (tertiary/aromatic N) is 2. The van der Waals surface area contributed by atoms with Gasteiger partial charge in [0.2, 0.25) is 0 Å². The molecule has 28 heavy (non-hydrogen) atoms. The van der Waals surface area contributed by atoms with Gasteiger partial charge in [-0.3, -0.25) is 15.0 Å². The van der Waals surface area contributed by atoms with Gasteiger partial charge in [0, 0.05) is 37.0 Å². The number of hydrogen-bond acceptors (Lipinski definition) is 7. The maximum Gasteiger partial charge on any atom is 0.293 e. The first-order valence-electron chi connectivity index (χ1n) is 8.92. The van der Waals surface area contributed by atoms with Gasteiger partial charge in [-0.2, -0.15) is 0 Å². The molecule has 146 valence electrons. The third-order valence-electron chi connectivity index (χ3n) is 4.59. The largest absolute Gasteiger partial charge is 0.497 e. The lowest BCUT2D eigenvalue weighted by Gasteiger charge is -2.26. The minimum atomic E-state index is -0.281. The van der Waals surface area contributed by atoms with E-state index < -0.39 is 0 Å². The Morgan fingerprint density at radius 3 is 2.75 bits per heavy atom. The Morgan fingerprint density at radius 2 is 2.07 bits per heavy atom. The topological polar surface area (TPSA) is 76.8 Å². The Bertz CT molecular complexity index is 946. The number of thiazole rings is 1. The quantitative estimate of drug-likeness (QED) is 0.683. The monoisotopic (exact) mass is 399 g/mol. The lowest BCUT2D eigenvalue weighted by atomic mass is 10.1. The van der Waals surface area contributed by atoms with Crippen molar-refractivity contribution in [2.45, 2.75) is 19.5 Å². The van der Waals surface area contributed by atoms with Gasteiger partial charge >= 0.3 is 0 Å². The van der Waals surface area contributed by atoms with Crippen molar-refractivity contribution in [1.29, 1.82) is 0 Å². The van der Waals surface area contributed by atoms with Crippen LogP contribution in [0.3, 0.4) is 0 Å². The van der Waals surface area contributed by atoms with E-state index in [0.717, 1.165) is 48.8 Å². The third-order valence-corrected chi connectivity index (χ3v) is 5.59. The van der Waals surface area contributed by atoms with Gasteiger partial charge in [-0.1, -0.05) is 0 Å². The molecule has 1 amide bonds. The summed E-state index contributed by atoms with van der Waals surface area (Å²) in [5.74, 6) is 1.57. The Morgan fingerprint density at radius 1 is 1.29 bits per heavy atom. The summed E-state index contributed by atoms with van der Waals surface area (Å²) in [7, 11) is 3.31. The Kier molecular flexibility index (Phi) is 5.31. The van der Waals surface area contributed by atoms with Gasteiger partial charge in [0.05, 0.1) is 26.2 Å². The Labute approximate surface area is 166 Å². The van der Waals surface area contributed by atoms with E-state index in [1.54, 1.807) is 26.4 Å². The average Bonchev–Trinajstić information content (AvgIpc) is 3.36. The molecule has 3 aromatic rings. The molecule has 1 aliphatic heterocycles. The number of furan rings is 1. The molecule has 0 saturated heterocycles. The van der Waals surface area contributed by atoms with Crippen LogP contribution in [0.15, 0.2) is 41.0 Å². The lowest BCUT2D eigenvalue weighted by molar-refractivity contribution is 0.0996. The second-order valence-electron chi connectivity index (χ2n) is 6.50. The zero-order valence-electron chi connectivity index (χ0n) is 15.7. The Balaban J connectivity index is 1.44. The van der Waals surface area contributed by atoms with Crippen LogP contribution in [0, 0.1) is 0 Å². The summed E-state index contributed by atoms with van der Waals surface area (Å²) in [4.78, 5) is 20.2. The second kappa shape index (κ2) is 8.04. The van der Waals surface area contributed by atoms with Crippen molar-refractivity contribution >= 4 is 22.4 Å². The van der Waals surface area contributed by atoms with Crippen molar-refractivity contribution in [1.82, 2.24) is 9.88 Å². The van der Waals surface area contributed by atoms with Gasteiger partial charge in [-0.25, -0.2) is 4.98 Å². The summed E-state index contributed by atoms with van der Waals surface area (Å²) in [5, 5.41) is 3.43. The molecular formula is C20H21N3O4S. The molecule has 1 N–H and O–H groups in total.